The summed E-state index contributed by atoms with van der Waals surface area (Å²) in [6.07, 6.45) is 8.82. The van der Waals surface area contributed by atoms with Gasteiger partial charge in [-0.1, -0.05) is 19.3 Å². The summed E-state index contributed by atoms with van der Waals surface area (Å²) in [5.41, 5.74) is 2.13. The maximum absolute atomic E-state index is 4.58. The zero-order valence-electron chi connectivity index (χ0n) is 16.5. The van der Waals surface area contributed by atoms with Gasteiger partial charge in [0.1, 0.15) is 12.1 Å². The molecule has 2 aromatic heterocycles. The molecule has 2 saturated heterocycles. The third-order valence-corrected chi connectivity index (χ3v) is 6.79. The average molecular weight is 367 g/mol. The molecule has 0 radical (unpaired) electrons. The van der Waals surface area contributed by atoms with E-state index in [4.69, 9.17) is 0 Å². The Balaban J connectivity index is 1.28. The smallest absolute Gasteiger partial charge is 0.159 e. The number of rotatable bonds is 3. The van der Waals surface area contributed by atoms with Crippen molar-refractivity contribution in [1.29, 1.82) is 0 Å². The summed E-state index contributed by atoms with van der Waals surface area (Å²) in [4.78, 5) is 14.3. The Morgan fingerprint density at radius 1 is 0.852 bits per heavy atom. The Kier molecular flexibility index (Phi) is 4.38. The molecule has 2 aromatic rings. The summed E-state index contributed by atoms with van der Waals surface area (Å²) >= 11 is 0. The van der Waals surface area contributed by atoms with Crippen molar-refractivity contribution < 1.29 is 0 Å². The highest BCUT2D eigenvalue weighted by atomic mass is 15.3. The number of nitrogens with zero attached hydrogens (tertiary/aromatic N) is 6. The highest BCUT2D eigenvalue weighted by Crippen LogP contribution is 2.36. The van der Waals surface area contributed by atoms with Crippen LogP contribution in [0.15, 0.2) is 18.5 Å². The van der Waals surface area contributed by atoms with E-state index in [1.807, 2.05) is 11.6 Å². The standard InChI is InChI=1S/C21H30N6/c1-15-8-16(2)27(24-15)21-9-20(22-14-23-21)26-12-17-10-25(11-18(17)13-26)19-6-4-3-5-7-19/h8-9,14,17-19H,3-7,10-13H2,1-2H3. The van der Waals surface area contributed by atoms with Crippen molar-refractivity contribution in [3.63, 3.8) is 0 Å². The summed E-state index contributed by atoms with van der Waals surface area (Å²) in [6.45, 7) is 8.90. The second-order valence-electron chi connectivity index (χ2n) is 8.74. The fourth-order valence-electron chi connectivity index (χ4n) is 5.45. The maximum Gasteiger partial charge on any atom is 0.159 e. The first-order valence-corrected chi connectivity index (χ1v) is 10.5. The van der Waals surface area contributed by atoms with Crippen LogP contribution in [-0.4, -0.2) is 56.9 Å². The number of fused-ring (bicyclic) bond motifs is 1. The molecule has 5 rings (SSSR count). The van der Waals surface area contributed by atoms with E-state index in [2.05, 4.69) is 43.9 Å². The Morgan fingerprint density at radius 3 is 2.22 bits per heavy atom. The molecule has 4 heterocycles. The van der Waals surface area contributed by atoms with E-state index in [-0.39, 0.29) is 0 Å². The van der Waals surface area contributed by atoms with Crippen LogP contribution in [0, 0.1) is 25.7 Å². The minimum atomic E-state index is 0.791. The second kappa shape index (κ2) is 6.89. The molecule has 144 valence electrons. The zero-order valence-corrected chi connectivity index (χ0v) is 16.5. The van der Waals surface area contributed by atoms with E-state index in [1.54, 1.807) is 6.33 Å². The lowest BCUT2D eigenvalue weighted by molar-refractivity contribution is 0.180. The van der Waals surface area contributed by atoms with Gasteiger partial charge >= 0.3 is 0 Å². The van der Waals surface area contributed by atoms with Crippen molar-refractivity contribution in [1.82, 2.24) is 24.6 Å². The van der Waals surface area contributed by atoms with E-state index in [0.29, 0.717) is 0 Å². The molecule has 27 heavy (non-hydrogen) atoms. The van der Waals surface area contributed by atoms with Crippen LogP contribution in [0.2, 0.25) is 0 Å². The van der Waals surface area contributed by atoms with Gasteiger partial charge in [0, 0.05) is 44.0 Å². The number of aryl methyl sites for hydroxylation is 2. The lowest BCUT2D eigenvalue weighted by Gasteiger charge is -2.32. The Labute approximate surface area is 161 Å². The van der Waals surface area contributed by atoms with E-state index >= 15 is 0 Å². The molecule has 2 atom stereocenters. The Bertz CT molecular complexity index is 795. The minimum Gasteiger partial charge on any atom is -0.356 e. The van der Waals surface area contributed by atoms with Gasteiger partial charge < -0.3 is 4.90 Å². The predicted octanol–water partition coefficient (Wildman–Crippen LogP) is 2.98. The van der Waals surface area contributed by atoms with Crippen molar-refractivity contribution in [3.8, 4) is 5.82 Å². The fourth-order valence-corrected chi connectivity index (χ4v) is 5.45. The van der Waals surface area contributed by atoms with Gasteiger partial charge in [0.2, 0.25) is 0 Å². The summed E-state index contributed by atoms with van der Waals surface area (Å²) in [7, 11) is 0. The number of hydrogen-bond acceptors (Lipinski definition) is 5. The van der Waals surface area contributed by atoms with Gasteiger partial charge in [-0.25, -0.2) is 14.6 Å². The van der Waals surface area contributed by atoms with Crippen LogP contribution in [-0.2, 0) is 0 Å². The second-order valence-corrected chi connectivity index (χ2v) is 8.74. The lowest BCUT2D eigenvalue weighted by atomic mass is 9.94. The predicted molar refractivity (Wildman–Crippen MR) is 106 cm³/mol. The molecule has 3 aliphatic rings. The first-order chi connectivity index (χ1) is 13.2. The van der Waals surface area contributed by atoms with Gasteiger partial charge in [0.05, 0.1) is 5.69 Å². The van der Waals surface area contributed by atoms with Crippen molar-refractivity contribution >= 4 is 5.82 Å². The van der Waals surface area contributed by atoms with E-state index in [1.165, 1.54) is 45.2 Å². The Morgan fingerprint density at radius 2 is 1.56 bits per heavy atom. The van der Waals surface area contributed by atoms with Crippen LogP contribution < -0.4 is 4.90 Å². The largest absolute Gasteiger partial charge is 0.356 e. The molecule has 2 unspecified atom stereocenters. The summed E-state index contributed by atoms with van der Waals surface area (Å²) in [6, 6.07) is 5.04. The van der Waals surface area contributed by atoms with Gasteiger partial charge in [-0.3, -0.25) is 4.90 Å². The van der Waals surface area contributed by atoms with Gasteiger partial charge in [-0.15, -0.1) is 0 Å². The summed E-state index contributed by atoms with van der Waals surface area (Å²) in [5, 5.41) is 4.57. The number of aromatic nitrogens is 4. The van der Waals surface area contributed by atoms with Crippen LogP contribution in [0.25, 0.3) is 5.82 Å². The molecule has 0 amide bonds. The molecule has 6 nitrogen and oxygen atoms in total. The van der Waals surface area contributed by atoms with Gasteiger partial charge in [-0.05, 0) is 44.6 Å². The van der Waals surface area contributed by atoms with E-state index < -0.39 is 0 Å². The Hall–Kier alpha value is -1.95. The van der Waals surface area contributed by atoms with Gasteiger partial charge in [0.15, 0.2) is 5.82 Å². The topological polar surface area (TPSA) is 50.1 Å². The molecule has 0 N–H and O–H groups in total. The summed E-state index contributed by atoms with van der Waals surface area (Å²) < 4.78 is 1.92. The third-order valence-electron chi connectivity index (χ3n) is 6.79. The fraction of sp³-hybridized carbons (Fsp3) is 0.667. The van der Waals surface area contributed by atoms with Crippen molar-refractivity contribution in [3.05, 3.63) is 29.8 Å². The van der Waals surface area contributed by atoms with Crippen molar-refractivity contribution in [2.75, 3.05) is 31.1 Å². The molecule has 6 heteroatoms. The van der Waals surface area contributed by atoms with Crippen LogP contribution >= 0.6 is 0 Å². The SMILES string of the molecule is Cc1cc(C)n(-c2cc(N3CC4CN(C5CCCCC5)CC4C3)ncn2)n1. The van der Waals surface area contributed by atoms with Crippen LogP contribution in [0.1, 0.15) is 43.5 Å². The van der Waals surface area contributed by atoms with Crippen LogP contribution in [0.3, 0.4) is 0 Å². The highest BCUT2D eigenvalue weighted by molar-refractivity contribution is 5.45. The number of anilines is 1. The molecule has 0 bridgehead atoms. The third kappa shape index (κ3) is 3.24. The van der Waals surface area contributed by atoms with Crippen LogP contribution in [0.5, 0.6) is 0 Å². The van der Waals surface area contributed by atoms with Crippen LogP contribution in [0.4, 0.5) is 5.82 Å². The molecule has 0 aromatic carbocycles. The van der Waals surface area contributed by atoms with E-state index in [0.717, 1.165) is 54.0 Å². The molecule has 0 spiro atoms. The molecule has 1 aliphatic carbocycles. The maximum atomic E-state index is 4.58. The average Bonchev–Trinajstić information content (AvgIpc) is 3.35. The molecule has 2 aliphatic heterocycles. The minimum absolute atomic E-state index is 0.791. The molecule has 3 fully saturated rings. The number of likely N-dealkylation sites (tertiary alicyclic amines) is 1. The zero-order chi connectivity index (χ0) is 18.4. The monoisotopic (exact) mass is 366 g/mol. The van der Waals surface area contributed by atoms with Crippen molar-refractivity contribution in [2.24, 2.45) is 11.8 Å². The molecular weight excluding hydrogens is 336 g/mol. The molecular formula is C21H30N6. The summed E-state index contributed by atoms with van der Waals surface area (Å²) in [5.74, 6) is 3.50. The number of hydrogen-bond donors (Lipinski definition) is 0. The van der Waals surface area contributed by atoms with Gasteiger partial charge in [0.25, 0.3) is 0 Å². The lowest BCUT2D eigenvalue weighted by Crippen LogP contribution is -2.37. The highest BCUT2D eigenvalue weighted by Gasteiger charge is 2.42. The quantitative estimate of drug-likeness (QED) is 0.836. The van der Waals surface area contributed by atoms with Crippen molar-refractivity contribution in [2.45, 2.75) is 52.0 Å². The normalized spacial score (nSPS) is 26.7. The molecule has 1 saturated carbocycles. The van der Waals surface area contributed by atoms with Gasteiger partial charge in [-0.2, -0.15) is 5.10 Å². The first kappa shape index (κ1) is 17.2. The first-order valence-electron chi connectivity index (χ1n) is 10.5. The van der Waals surface area contributed by atoms with E-state index in [9.17, 15) is 0 Å².